The number of para-hydroxylation sites is 1. The predicted octanol–water partition coefficient (Wildman–Crippen LogP) is 1.17. The van der Waals surface area contributed by atoms with Crippen LogP contribution in [0.5, 0.6) is 17.2 Å². The number of carbonyl (C=O) groups is 3. The molecule has 1 aliphatic rings. The van der Waals surface area contributed by atoms with Gasteiger partial charge in [0, 0.05) is 13.1 Å². The Kier molecular flexibility index (Phi) is 9.04. The average Bonchev–Trinajstić information content (AvgIpc) is 3.33. The lowest BCUT2D eigenvalue weighted by Gasteiger charge is -2.31. The molecule has 1 amide bonds. The maximum Gasteiger partial charge on any atom is 0.320 e. The summed E-state index contributed by atoms with van der Waals surface area (Å²) in [5.41, 5.74) is 10.2. The van der Waals surface area contributed by atoms with Crippen LogP contribution in [0.1, 0.15) is 31.7 Å². The van der Waals surface area contributed by atoms with Crippen LogP contribution in [-0.2, 0) is 20.9 Å². The zero-order valence-corrected chi connectivity index (χ0v) is 20.4. The van der Waals surface area contributed by atoms with Crippen LogP contribution in [-0.4, -0.2) is 58.7 Å². The summed E-state index contributed by atoms with van der Waals surface area (Å²) in [7, 11) is 0. The summed E-state index contributed by atoms with van der Waals surface area (Å²) in [5.74, 6) is -1.40. The summed E-state index contributed by atoms with van der Waals surface area (Å²) in [5, 5.41) is 19.8. The Morgan fingerprint density at radius 3 is 2.57 bits per heavy atom. The first-order valence-electron chi connectivity index (χ1n) is 11.6. The predicted molar refractivity (Wildman–Crippen MR) is 133 cm³/mol. The van der Waals surface area contributed by atoms with Gasteiger partial charge in [0.2, 0.25) is 24.2 Å². The molecule has 0 bridgehead atoms. The van der Waals surface area contributed by atoms with Crippen molar-refractivity contribution in [2.75, 3.05) is 13.3 Å². The normalized spacial score (nSPS) is 14.3. The number of hydrogen-bond donors (Lipinski definition) is 5. The number of nitrogens with one attached hydrogen (secondary N) is 2. The summed E-state index contributed by atoms with van der Waals surface area (Å²) in [6, 6.07) is 12.9. The molecule has 1 heterocycles. The van der Waals surface area contributed by atoms with Gasteiger partial charge in [-0.25, -0.2) is 0 Å². The van der Waals surface area contributed by atoms with Gasteiger partial charge in [-0.2, -0.15) is 0 Å². The van der Waals surface area contributed by atoms with Crippen molar-refractivity contribution >= 4 is 23.6 Å². The van der Waals surface area contributed by atoms with E-state index in [0.717, 1.165) is 10.5 Å². The van der Waals surface area contributed by atoms with Crippen LogP contribution in [0.4, 0.5) is 0 Å². The molecule has 2 atom stereocenters. The Labute approximate surface area is 214 Å². The van der Waals surface area contributed by atoms with Gasteiger partial charge in [-0.1, -0.05) is 24.3 Å². The molecule has 0 fully saturated rings. The van der Waals surface area contributed by atoms with Gasteiger partial charge in [0.05, 0.1) is 6.42 Å². The molecule has 12 heteroatoms. The fourth-order valence-electron chi connectivity index (χ4n) is 3.61. The molecule has 3 rings (SSSR count). The first-order chi connectivity index (χ1) is 17.6. The second kappa shape index (κ2) is 12.2. The maximum absolute atomic E-state index is 13.4. The lowest BCUT2D eigenvalue weighted by Crippen LogP contribution is -2.55. The Morgan fingerprint density at radius 1 is 1.19 bits per heavy atom. The topological polar surface area (TPSA) is 190 Å². The fraction of sp³-hybridized carbons (Fsp3) is 0.360. The van der Waals surface area contributed by atoms with Crippen molar-refractivity contribution in [3.05, 3.63) is 54.1 Å². The lowest BCUT2D eigenvalue weighted by atomic mass is 10.0. The third-order valence-electron chi connectivity index (χ3n) is 5.78. The Bertz CT molecular complexity index is 1140. The van der Waals surface area contributed by atoms with Gasteiger partial charge in [0.25, 0.3) is 0 Å². The van der Waals surface area contributed by atoms with Crippen LogP contribution in [0.25, 0.3) is 0 Å². The number of benzene rings is 2. The summed E-state index contributed by atoms with van der Waals surface area (Å²) >= 11 is 0. The number of fused-ring (bicyclic) bond motifs is 1. The number of amides is 1. The van der Waals surface area contributed by atoms with Crippen molar-refractivity contribution < 1.29 is 33.7 Å². The molecule has 198 valence electrons. The highest BCUT2D eigenvalue weighted by Crippen LogP contribution is 2.32. The van der Waals surface area contributed by atoms with Gasteiger partial charge in [-0.05, 0) is 49.6 Å². The molecule has 2 aromatic rings. The van der Waals surface area contributed by atoms with Crippen molar-refractivity contribution in [1.82, 2.24) is 10.2 Å². The van der Waals surface area contributed by atoms with E-state index >= 15 is 0 Å². The van der Waals surface area contributed by atoms with Crippen molar-refractivity contribution in [2.45, 2.75) is 44.5 Å². The molecule has 12 nitrogen and oxygen atoms in total. The Balaban J connectivity index is 1.71. The minimum atomic E-state index is -1.61. The molecule has 0 saturated carbocycles. The van der Waals surface area contributed by atoms with Crippen molar-refractivity contribution in [2.24, 2.45) is 11.5 Å². The standard InChI is InChI=1S/C25H31N5O7/c1-25(37-17-6-3-2-4-7-17,29-14-16-9-10-19-20(12-16)36-15-35-19)21(31)13-22(32)30(24(27)28)11-5-8-18(26)23(33)34/h2-4,6-7,9-10,12,18,29H,5,8,11,13-15,26H2,1H3,(H3,27,28)(H,33,34). The molecule has 7 N–H and O–H groups in total. The Morgan fingerprint density at radius 2 is 1.89 bits per heavy atom. The molecule has 0 aliphatic carbocycles. The van der Waals surface area contributed by atoms with E-state index in [2.05, 4.69) is 5.32 Å². The van der Waals surface area contributed by atoms with Gasteiger partial charge < -0.3 is 30.8 Å². The van der Waals surface area contributed by atoms with E-state index in [1.165, 1.54) is 6.92 Å². The van der Waals surface area contributed by atoms with E-state index in [-0.39, 0.29) is 32.7 Å². The highest BCUT2D eigenvalue weighted by molar-refractivity contribution is 6.06. The minimum absolute atomic E-state index is 0.0523. The largest absolute Gasteiger partial charge is 0.480 e. The number of aliphatic carboxylic acids is 1. The zero-order chi connectivity index (χ0) is 27.0. The van der Waals surface area contributed by atoms with E-state index in [1.54, 1.807) is 42.5 Å². The number of ketones is 1. The lowest BCUT2D eigenvalue weighted by molar-refractivity contribution is -0.142. The third kappa shape index (κ3) is 7.41. The number of nitrogens with zero attached hydrogens (tertiary/aromatic N) is 1. The maximum atomic E-state index is 13.4. The molecule has 0 aromatic heterocycles. The van der Waals surface area contributed by atoms with Gasteiger partial charge in [-0.15, -0.1) is 0 Å². The van der Waals surface area contributed by atoms with Crippen LogP contribution in [0, 0.1) is 5.41 Å². The van der Waals surface area contributed by atoms with Gasteiger partial charge in [0.1, 0.15) is 11.8 Å². The highest BCUT2D eigenvalue weighted by atomic mass is 16.7. The summed E-state index contributed by atoms with van der Waals surface area (Å²) in [6.45, 7) is 1.82. The van der Waals surface area contributed by atoms with E-state index in [0.29, 0.717) is 17.2 Å². The summed E-state index contributed by atoms with van der Waals surface area (Å²) < 4.78 is 16.7. The van der Waals surface area contributed by atoms with Gasteiger partial charge in [-0.3, -0.25) is 30.0 Å². The number of Topliss-reactive ketones (excluding diaryl/α,β-unsaturated/α-hetero) is 1. The Hall–Kier alpha value is -4.16. The average molecular weight is 514 g/mol. The number of carboxylic acid groups (broad SMARTS) is 1. The number of nitrogens with two attached hydrogens (primary N) is 2. The number of hydrogen-bond acceptors (Lipinski definition) is 9. The smallest absolute Gasteiger partial charge is 0.320 e. The zero-order valence-electron chi connectivity index (χ0n) is 20.4. The van der Waals surface area contributed by atoms with Gasteiger partial charge >= 0.3 is 5.97 Å². The SMILES string of the molecule is CC(NCc1ccc2c(c1)OCO2)(Oc1ccccc1)C(=O)CC(=O)N(CCCC(N)C(=O)O)C(=N)N. The quantitative estimate of drug-likeness (QED) is 0.112. The van der Waals surface area contributed by atoms with Crippen molar-refractivity contribution in [3.8, 4) is 17.2 Å². The second-order valence-electron chi connectivity index (χ2n) is 8.61. The molecular weight excluding hydrogens is 482 g/mol. The summed E-state index contributed by atoms with van der Waals surface area (Å²) in [4.78, 5) is 38.2. The molecule has 2 unspecified atom stereocenters. The van der Waals surface area contributed by atoms with Crippen LogP contribution in [0.3, 0.4) is 0 Å². The van der Waals surface area contributed by atoms with Crippen LogP contribution >= 0.6 is 0 Å². The van der Waals surface area contributed by atoms with Crippen molar-refractivity contribution in [1.29, 1.82) is 5.41 Å². The monoisotopic (exact) mass is 513 g/mol. The minimum Gasteiger partial charge on any atom is -0.480 e. The molecule has 2 aromatic carbocycles. The van der Waals surface area contributed by atoms with E-state index in [4.69, 9.17) is 36.2 Å². The van der Waals surface area contributed by atoms with Gasteiger partial charge in [0.15, 0.2) is 17.5 Å². The number of rotatable bonds is 13. The second-order valence-corrected chi connectivity index (χ2v) is 8.61. The number of ether oxygens (including phenoxy) is 3. The molecular formula is C25H31N5O7. The first kappa shape index (κ1) is 27.4. The number of guanidine groups is 1. The molecule has 1 aliphatic heterocycles. The van der Waals surface area contributed by atoms with Crippen LogP contribution in [0.2, 0.25) is 0 Å². The van der Waals surface area contributed by atoms with Crippen molar-refractivity contribution in [3.63, 3.8) is 0 Å². The molecule has 0 radical (unpaired) electrons. The molecule has 37 heavy (non-hydrogen) atoms. The fourth-order valence-corrected chi connectivity index (χ4v) is 3.61. The molecule has 0 saturated heterocycles. The van der Waals surface area contributed by atoms with E-state index in [9.17, 15) is 14.4 Å². The van der Waals surface area contributed by atoms with E-state index < -0.39 is 41.8 Å². The summed E-state index contributed by atoms with van der Waals surface area (Å²) in [6.07, 6.45) is -0.346. The number of carboxylic acids is 1. The van der Waals surface area contributed by atoms with E-state index in [1.807, 2.05) is 6.07 Å². The first-order valence-corrected chi connectivity index (χ1v) is 11.6. The highest BCUT2D eigenvalue weighted by Gasteiger charge is 2.37. The number of carbonyl (C=O) groups excluding carboxylic acids is 2. The third-order valence-corrected chi connectivity index (χ3v) is 5.78. The van der Waals surface area contributed by atoms with Crippen LogP contribution < -0.4 is 31.0 Å². The van der Waals surface area contributed by atoms with Crippen LogP contribution in [0.15, 0.2) is 48.5 Å². The molecule has 0 spiro atoms.